The number of halogens is 1. The molecule has 8 rings (SSSR count). The van der Waals surface area contributed by atoms with E-state index in [1.54, 1.807) is 18.2 Å². The first-order valence-electron chi connectivity index (χ1n) is 17.3. The van der Waals surface area contributed by atoms with Gasteiger partial charge in [-0.2, -0.15) is 0 Å². The lowest BCUT2D eigenvalue weighted by Gasteiger charge is -2.44. The zero-order valence-corrected chi connectivity index (χ0v) is 28.9. The molecule has 0 unspecified atom stereocenters. The van der Waals surface area contributed by atoms with Gasteiger partial charge in [0.05, 0.1) is 5.69 Å². The van der Waals surface area contributed by atoms with Crippen molar-refractivity contribution in [1.29, 1.82) is 0 Å². The van der Waals surface area contributed by atoms with Gasteiger partial charge in [0.1, 0.15) is 17.9 Å². The second kappa shape index (κ2) is 13.6. The molecule has 7 nitrogen and oxygen atoms in total. The Morgan fingerprint density at radius 2 is 1.43 bits per heavy atom. The lowest BCUT2D eigenvalue weighted by Crippen LogP contribution is -2.54. The number of carbonyl (C=O) groups is 3. The number of ether oxygens (including phenoxy) is 1. The number of nitrogens with zero attached hydrogens (tertiary/aromatic N) is 2. The smallest absolute Gasteiger partial charge is 0.335 e. The van der Waals surface area contributed by atoms with E-state index in [1.807, 2.05) is 79.7 Å². The summed E-state index contributed by atoms with van der Waals surface area (Å²) in [6.45, 7) is 4.13. The minimum Gasteiger partial charge on any atom is -0.488 e. The van der Waals surface area contributed by atoms with Crippen LogP contribution < -0.4 is 19.9 Å². The summed E-state index contributed by atoms with van der Waals surface area (Å²) in [5.41, 5.74) is 8.46. The molecule has 0 spiro atoms. The number of hydrogen-bond donors (Lipinski definition) is 1. The van der Waals surface area contributed by atoms with E-state index < -0.39 is 17.8 Å². The maximum Gasteiger partial charge on any atom is 0.335 e. The van der Waals surface area contributed by atoms with E-state index in [9.17, 15) is 14.4 Å². The normalized spacial score (nSPS) is 19.2. The summed E-state index contributed by atoms with van der Waals surface area (Å²) in [6.07, 6.45) is 3.26. The van der Waals surface area contributed by atoms with Gasteiger partial charge in [0, 0.05) is 41.2 Å². The molecule has 0 radical (unpaired) electrons. The minimum absolute atomic E-state index is 0.0739. The van der Waals surface area contributed by atoms with Crippen LogP contribution in [0.3, 0.4) is 0 Å². The molecule has 1 saturated heterocycles. The molecule has 0 aliphatic carbocycles. The van der Waals surface area contributed by atoms with Crippen molar-refractivity contribution in [3.05, 3.63) is 165 Å². The number of anilines is 2. The molecular weight excluding hydrogens is 658 g/mol. The van der Waals surface area contributed by atoms with Crippen LogP contribution >= 0.6 is 11.6 Å². The minimum atomic E-state index is -0.785. The van der Waals surface area contributed by atoms with Crippen molar-refractivity contribution in [1.82, 2.24) is 5.32 Å². The zero-order valence-electron chi connectivity index (χ0n) is 28.1. The Hall–Kier alpha value is -5.66. The van der Waals surface area contributed by atoms with Gasteiger partial charge in [-0.05, 0) is 84.0 Å². The van der Waals surface area contributed by atoms with Crippen LogP contribution in [0.4, 0.5) is 16.2 Å². The fourth-order valence-corrected chi connectivity index (χ4v) is 7.92. The van der Waals surface area contributed by atoms with Gasteiger partial charge in [-0.15, -0.1) is 0 Å². The number of rotatable bonds is 7. The molecule has 0 bridgehead atoms. The van der Waals surface area contributed by atoms with E-state index in [4.69, 9.17) is 16.3 Å². The SMILES string of the molecule is Cc1cccc(COc2ccc(Cl)cc2/C=C2\C(=O)NC(=O)N(c3cc4c5c(c3)[C@H](c3ccccc3)CCN5CC[C@H]4c3ccccc3)C2=O)c1. The van der Waals surface area contributed by atoms with E-state index in [2.05, 4.69) is 34.5 Å². The molecule has 0 saturated carbocycles. The Morgan fingerprint density at radius 1 is 0.784 bits per heavy atom. The van der Waals surface area contributed by atoms with Gasteiger partial charge >= 0.3 is 6.03 Å². The number of amides is 4. The fourth-order valence-electron chi connectivity index (χ4n) is 7.74. The number of benzene rings is 5. The molecule has 8 heteroatoms. The number of barbiturate groups is 1. The van der Waals surface area contributed by atoms with Crippen LogP contribution in [0.1, 0.15) is 63.6 Å². The van der Waals surface area contributed by atoms with E-state index >= 15 is 0 Å². The third kappa shape index (κ3) is 6.30. The molecule has 3 aliphatic rings. The summed E-state index contributed by atoms with van der Waals surface area (Å²) in [4.78, 5) is 45.0. The predicted molar refractivity (Wildman–Crippen MR) is 200 cm³/mol. The number of hydrogen-bond acceptors (Lipinski definition) is 5. The van der Waals surface area contributed by atoms with Crippen molar-refractivity contribution >= 4 is 46.9 Å². The third-order valence-electron chi connectivity index (χ3n) is 10.1. The molecular formula is C43H36ClN3O4. The molecule has 5 aromatic carbocycles. The van der Waals surface area contributed by atoms with E-state index in [0.29, 0.717) is 22.0 Å². The Morgan fingerprint density at radius 3 is 2.06 bits per heavy atom. The van der Waals surface area contributed by atoms with Crippen molar-refractivity contribution in [2.24, 2.45) is 0 Å². The third-order valence-corrected chi connectivity index (χ3v) is 10.3. The first-order valence-corrected chi connectivity index (χ1v) is 17.6. The zero-order chi connectivity index (χ0) is 35.1. The van der Waals surface area contributed by atoms with Gasteiger partial charge in [0.25, 0.3) is 11.8 Å². The summed E-state index contributed by atoms with van der Waals surface area (Å²) in [5.74, 6) is -0.890. The van der Waals surface area contributed by atoms with Crippen molar-refractivity contribution in [3.63, 3.8) is 0 Å². The van der Waals surface area contributed by atoms with Crippen molar-refractivity contribution in [2.45, 2.75) is 38.2 Å². The summed E-state index contributed by atoms with van der Waals surface area (Å²) in [7, 11) is 0. The Bertz CT molecular complexity index is 2130. The highest BCUT2D eigenvalue weighted by Gasteiger charge is 2.40. The molecule has 2 atom stereocenters. The first kappa shape index (κ1) is 32.5. The van der Waals surface area contributed by atoms with Crippen LogP contribution in [-0.4, -0.2) is 30.9 Å². The maximum atomic E-state index is 14.4. The first-order chi connectivity index (χ1) is 24.8. The van der Waals surface area contributed by atoms with Crippen LogP contribution in [-0.2, 0) is 16.2 Å². The van der Waals surface area contributed by atoms with Crippen LogP contribution in [0.5, 0.6) is 5.75 Å². The highest BCUT2D eigenvalue weighted by Crippen LogP contribution is 2.50. The van der Waals surface area contributed by atoms with Gasteiger partial charge in [-0.3, -0.25) is 14.9 Å². The van der Waals surface area contributed by atoms with Crippen LogP contribution in [0.15, 0.2) is 121 Å². The second-order valence-electron chi connectivity index (χ2n) is 13.4. The molecule has 51 heavy (non-hydrogen) atoms. The highest BCUT2D eigenvalue weighted by molar-refractivity contribution is 6.39. The molecule has 254 valence electrons. The quantitative estimate of drug-likeness (QED) is 0.136. The highest BCUT2D eigenvalue weighted by atomic mass is 35.5. The van der Waals surface area contributed by atoms with Gasteiger partial charge in [-0.25, -0.2) is 9.69 Å². The molecule has 4 amide bonds. The monoisotopic (exact) mass is 693 g/mol. The summed E-state index contributed by atoms with van der Waals surface area (Å²) in [6, 6.07) is 36.9. The molecule has 1 fully saturated rings. The van der Waals surface area contributed by atoms with Crippen LogP contribution in [0, 0.1) is 6.92 Å². The molecule has 5 aromatic rings. The number of carbonyl (C=O) groups excluding carboxylic acids is 3. The van der Waals surface area contributed by atoms with Crippen LogP contribution in [0.25, 0.3) is 6.08 Å². The average Bonchev–Trinajstić information content (AvgIpc) is 3.14. The maximum absolute atomic E-state index is 14.4. The number of urea groups is 1. The predicted octanol–water partition coefficient (Wildman–Crippen LogP) is 8.77. The fraction of sp³-hybridized carbons (Fsp3) is 0.186. The van der Waals surface area contributed by atoms with Crippen LogP contribution in [0.2, 0.25) is 5.02 Å². The van der Waals surface area contributed by atoms with Gasteiger partial charge in [0.2, 0.25) is 0 Å². The Kier molecular flexibility index (Phi) is 8.66. The lowest BCUT2D eigenvalue weighted by atomic mass is 9.76. The molecule has 0 aromatic heterocycles. The van der Waals surface area contributed by atoms with Gasteiger partial charge < -0.3 is 9.64 Å². The lowest BCUT2D eigenvalue weighted by molar-refractivity contribution is -0.122. The number of aryl methyl sites for hydroxylation is 1. The molecule has 3 heterocycles. The van der Waals surface area contributed by atoms with Gasteiger partial charge in [0.15, 0.2) is 0 Å². The van der Waals surface area contributed by atoms with E-state index in [-0.39, 0.29) is 24.0 Å². The topological polar surface area (TPSA) is 79.0 Å². The molecule has 3 aliphatic heterocycles. The summed E-state index contributed by atoms with van der Waals surface area (Å²) in [5, 5.41) is 2.84. The second-order valence-corrected chi connectivity index (χ2v) is 13.8. The average molecular weight is 694 g/mol. The summed E-state index contributed by atoms with van der Waals surface area (Å²) < 4.78 is 6.16. The van der Waals surface area contributed by atoms with E-state index in [0.717, 1.165) is 53.1 Å². The van der Waals surface area contributed by atoms with E-state index in [1.165, 1.54) is 22.9 Å². The number of nitrogens with one attached hydrogen (secondary N) is 1. The largest absolute Gasteiger partial charge is 0.488 e. The van der Waals surface area contributed by atoms with Crippen molar-refractivity contribution in [3.8, 4) is 5.75 Å². The van der Waals surface area contributed by atoms with Gasteiger partial charge in [-0.1, -0.05) is 102 Å². The number of imide groups is 2. The van der Waals surface area contributed by atoms with Crippen molar-refractivity contribution in [2.75, 3.05) is 22.9 Å². The summed E-state index contributed by atoms with van der Waals surface area (Å²) >= 11 is 6.40. The molecule has 1 N–H and O–H groups in total. The Balaban J connectivity index is 1.22. The van der Waals surface area contributed by atoms with Crippen molar-refractivity contribution < 1.29 is 19.1 Å². The Labute approximate surface area is 302 Å². The standard InChI is InChI=1S/C43H36ClN3O4/c1-27-9-8-10-28(21-27)26-51-39-16-15-32(44)22-31(39)23-38-41(48)45-43(50)47(42(38)49)33-24-36-34(29-11-4-2-5-12-29)17-19-46-20-18-35(37(25-33)40(36)46)30-13-6-3-7-14-30/h2-16,21-25,34-35H,17-20,26H2,1H3,(H,45,48,50)/b38-23+/t34-,35-/m0/s1.